The predicted octanol–water partition coefficient (Wildman–Crippen LogP) is 5.00. The SMILES string of the molecule is COc1cccc(Oc2c(NS(=O)(=O)c3ccc(C(C)(C)C)cc3)nc(C(=O)Nc3ccccc3)nc2OCCO)c1. The van der Waals surface area contributed by atoms with Gasteiger partial charge in [0.15, 0.2) is 5.82 Å². The standard InChI is InChI=1S/C30H32N4O7S/c1-30(2,3)20-13-15-24(16-14-20)42(37,38)34-26-25(41-23-12-8-11-22(19-23)39-4)29(40-18-17-35)33-27(32-26)28(36)31-21-9-6-5-7-10-21/h5-16,19,35H,17-18H2,1-4H3,(H,31,36)(H,32,33,34). The summed E-state index contributed by atoms with van der Waals surface area (Å²) in [7, 11) is -2.73. The van der Waals surface area contributed by atoms with Crippen molar-refractivity contribution in [2.45, 2.75) is 31.1 Å². The number of para-hydroxylation sites is 1. The zero-order valence-corrected chi connectivity index (χ0v) is 24.4. The fourth-order valence-electron chi connectivity index (χ4n) is 3.74. The minimum Gasteiger partial charge on any atom is -0.497 e. The molecule has 0 fully saturated rings. The van der Waals surface area contributed by atoms with Crippen LogP contribution >= 0.6 is 0 Å². The van der Waals surface area contributed by atoms with Crippen LogP contribution in [0, 0.1) is 0 Å². The number of aromatic nitrogens is 2. The van der Waals surface area contributed by atoms with Crippen LogP contribution in [0.5, 0.6) is 23.1 Å². The molecule has 0 radical (unpaired) electrons. The summed E-state index contributed by atoms with van der Waals surface area (Å²) in [6, 6.07) is 21.6. The van der Waals surface area contributed by atoms with Crippen LogP contribution in [-0.4, -0.2) is 49.7 Å². The molecule has 0 atom stereocenters. The van der Waals surface area contributed by atoms with Crippen molar-refractivity contribution in [3.8, 4) is 23.1 Å². The number of rotatable bonds is 11. The smallest absolute Gasteiger partial charge is 0.293 e. The van der Waals surface area contributed by atoms with Gasteiger partial charge in [-0.05, 0) is 47.4 Å². The molecule has 0 saturated heterocycles. The molecule has 4 aromatic rings. The van der Waals surface area contributed by atoms with Crippen LogP contribution in [0.1, 0.15) is 37.0 Å². The Morgan fingerprint density at radius 1 is 0.929 bits per heavy atom. The summed E-state index contributed by atoms with van der Waals surface area (Å²) < 4.78 is 46.4. The van der Waals surface area contributed by atoms with Crippen molar-refractivity contribution in [3.63, 3.8) is 0 Å². The summed E-state index contributed by atoms with van der Waals surface area (Å²) in [5.74, 6) is -1.22. The largest absolute Gasteiger partial charge is 0.497 e. The first-order chi connectivity index (χ1) is 20.0. The zero-order valence-electron chi connectivity index (χ0n) is 23.6. The quantitative estimate of drug-likeness (QED) is 0.219. The number of carbonyl (C=O) groups is 1. The second-order valence-electron chi connectivity index (χ2n) is 10.1. The summed E-state index contributed by atoms with van der Waals surface area (Å²) >= 11 is 0. The molecule has 1 aromatic heterocycles. The highest BCUT2D eigenvalue weighted by Gasteiger charge is 2.27. The number of benzene rings is 3. The highest BCUT2D eigenvalue weighted by molar-refractivity contribution is 7.92. The van der Waals surface area contributed by atoms with Gasteiger partial charge in [0.05, 0.1) is 18.6 Å². The molecule has 12 heteroatoms. The molecule has 3 N–H and O–H groups in total. The van der Waals surface area contributed by atoms with Gasteiger partial charge < -0.3 is 24.6 Å². The maximum atomic E-state index is 13.5. The molecule has 1 heterocycles. The second kappa shape index (κ2) is 12.9. The van der Waals surface area contributed by atoms with Gasteiger partial charge in [0.2, 0.25) is 11.6 Å². The van der Waals surface area contributed by atoms with Crippen molar-refractivity contribution >= 4 is 27.4 Å². The fourth-order valence-corrected chi connectivity index (χ4v) is 4.75. The first kappa shape index (κ1) is 30.3. The number of nitrogens with zero attached hydrogens (tertiary/aromatic N) is 2. The lowest BCUT2D eigenvalue weighted by Crippen LogP contribution is -2.21. The van der Waals surface area contributed by atoms with E-state index in [4.69, 9.17) is 14.2 Å². The first-order valence-corrected chi connectivity index (χ1v) is 14.5. The highest BCUT2D eigenvalue weighted by Crippen LogP contribution is 2.38. The van der Waals surface area contributed by atoms with Gasteiger partial charge in [-0.1, -0.05) is 57.2 Å². The Labute approximate surface area is 244 Å². The summed E-state index contributed by atoms with van der Waals surface area (Å²) in [5, 5.41) is 12.1. The number of carbonyl (C=O) groups excluding carboxylic acids is 1. The van der Waals surface area contributed by atoms with E-state index in [0.29, 0.717) is 11.4 Å². The Hall–Kier alpha value is -4.68. The number of aliphatic hydroxyl groups is 1. The van der Waals surface area contributed by atoms with E-state index in [1.54, 1.807) is 66.7 Å². The summed E-state index contributed by atoms with van der Waals surface area (Å²) in [6.07, 6.45) is 0. The molecule has 0 bridgehead atoms. The van der Waals surface area contributed by atoms with E-state index in [-0.39, 0.29) is 46.7 Å². The molecular formula is C30H32N4O7S. The van der Waals surface area contributed by atoms with Crippen molar-refractivity contribution in [2.24, 2.45) is 0 Å². The number of anilines is 2. The van der Waals surface area contributed by atoms with E-state index >= 15 is 0 Å². The van der Waals surface area contributed by atoms with Crippen molar-refractivity contribution in [1.82, 2.24) is 9.97 Å². The summed E-state index contributed by atoms with van der Waals surface area (Å²) in [6.45, 7) is 5.47. The van der Waals surface area contributed by atoms with Crippen LogP contribution in [0.15, 0.2) is 83.8 Å². The average Bonchev–Trinajstić information content (AvgIpc) is 2.97. The van der Waals surface area contributed by atoms with Gasteiger partial charge in [0.25, 0.3) is 21.8 Å². The lowest BCUT2D eigenvalue weighted by atomic mass is 9.87. The maximum Gasteiger partial charge on any atom is 0.293 e. The molecule has 11 nitrogen and oxygen atoms in total. The molecular weight excluding hydrogens is 560 g/mol. The normalized spacial score (nSPS) is 11.5. The van der Waals surface area contributed by atoms with Gasteiger partial charge in [-0.3, -0.25) is 9.52 Å². The topological polar surface area (TPSA) is 149 Å². The van der Waals surface area contributed by atoms with Crippen molar-refractivity contribution in [3.05, 3.63) is 90.3 Å². The molecule has 42 heavy (non-hydrogen) atoms. The van der Waals surface area contributed by atoms with Crippen LogP contribution in [0.3, 0.4) is 0 Å². The fraction of sp³-hybridized carbons (Fsp3) is 0.233. The van der Waals surface area contributed by atoms with Gasteiger partial charge in [-0.2, -0.15) is 4.98 Å². The van der Waals surface area contributed by atoms with Gasteiger partial charge >= 0.3 is 0 Å². The van der Waals surface area contributed by atoms with E-state index in [2.05, 4.69) is 20.0 Å². The van der Waals surface area contributed by atoms with Crippen molar-refractivity contribution in [2.75, 3.05) is 30.4 Å². The van der Waals surface area contributed by atoms with Gasteiger partial charge in [0.1, 0.15) is 18.1 Å². The third-order valence-corrected chi connectivity index (χ3v) is 7.28. The number of amides is 1. The predicted molar refractivity (Wildman–Crippen MR) is 158 cm³/mol. The Balaban J connectivity index is 1.81. The molecule has 0 spiro atoms. The van der Waals surface area contributed by atoms with E-state index < -0.39 is 21.8 Å². The van der Waals surface area contributed by atoms with E-state index in [0.717, 1.165) is 5.56 Å². The minimum atomic E-state index is -4.22. The molecule has 3 aromatic carbocycles. The number of ether oxygens (including phenoxy) is 3. The molecule has 1 amide bonds. The number of nitrogens with one attached hydrogen (secondary N) is 2. The molecule has 0 saturated carbocycles. The molecule has 0 aliphatic carbocycles. The van der Waals surface area contributed by atoms with Crippen molar-refractivity contribution in [1.29, 1.82) is 0 Å². The minimum absolute atomic E-state index is 0.0328. The number of sulfonamides is 1. The highest BCUT2D eigenvalue weighted by atomic mass is 32.2. The molecule has 0 aliphatic rings. The molecule has 0 unspecified atom stereocenters. The summed E-state index contributed by atoms with van der Waals surface area (Å²) in [4.78, 5) is 21.5. The Morgan fingerprint density at radius 2 is 1.62 bits per heavy atom. The number of hydrogen-bond acceptors (Lipinski definition) is 9. The van der Waals surface area contributed by atoms with Crippen molar-refractivity contribution < 1.29 is 32.5 Å². The number of aliphatic hydroxyl groups excluding tert-OH is 1. The van der Waals surface area contributed by atoms with Crippen LogP contribution in [0.2, 0.25) is 0 Å². The monoisotopic (exact) mass is 592 g/mol. The van der Waals surface area contributed by atoms with E-state index in [9.17, 15) is 18.3 Å². The Kier molecular flexibility index (Phi) is 9.28. The zero-order chi connectivity index (χ0) is 30.3. The number of hydrogen-bond donors (Lipinski definition) is 3. The average molecular weight is 593 g/mol. The van der Waals surface area contributed by atoms with Gasteiger partial charge in [0, 0.05) is 11.8 Å². The third-order valence-electron chi connectivity index (χ3n) is 5.92. The lowest BCUT2D eigenvalue weighted by Gasteiger charge is -2.19. The van der Waals surface area contributed by atoms with Crippen LogP contribution in [0.25, 0.3) is 0 Å². The summed E-state index contributed by atoms with van der Waals surface area (Å²) in [5.41, 5.74) is 1.24. The van der Waals surface area contributed by atoms with Gasteiger partial charge in [-0.25, -0.2) is 13.4 Å². The molecule has 220 valence electrons. The lowest BCUT2D eigenvalue weighted by molar-refractivity contribution is 0.101. The van der Waals surface area contributed by atoms with Crippen LogP contribution < -0.4 is 24.2 Å². The Morgan fingerprint density at radius 3 is 2.26 bits per heavy atom. The Bertz CT molecular complexity index is 1640. The van der Waals surface area contributed by atoms with E-state index in [1.165, 1.54) is 19.2 Å². The van der Waals surface area contributed by atoms with Crippen LogP contribution in [0.4, 0.5) is 11.5 Å². The number of methoxy groups -OCH3 is 1. The van der Waals surface area contributed by atoms with E-state index in [1.807, 2.05) is 20.8 Å². The molecule has 0 aliphatic heterocycles. The molecule has 4 rings (SSSR count). The maximum absolute atomic E-state index is 13.5. The van der Waals surface area contributed by atoms with Gasteiger partial charge in [-0.15, -0.1) is 0 Å². The van der Waals surface area contributed by atoms with Crippen LogP contribution in [-0.2, 0) is 15.4 Å². The first-order valence-electron chi connectivity index (χ1n) is 13.0. The third kappa shape index (κ3) is 7.53. The second-order valence-corrected chi connectivity index (χ2v) is 11.8.